The number of aliphatic hydroxyl groups is 2. The Kier molecular flexibility index (Phi) is 1.76. The van der Waals surface area contributed by atoms with E-state index in [0.29, 0.717) is 0 Å². The van der Waals surface area contributed by atoms with Crippen LogP contribution in [0.4, 0.5) is 0 Å². The molecular formula is C6H8N2O3. The molecule has 0 radical (unpaired) electrons. The summed E-state index contributed by atoms with van der Waals surface area (Å²) in [4.78, 5) is 16.2. The molecule has 5 nitrogen and oxygen atoms in total. The first-order valence-electron chi connectivity index (χ1n) is 3.00. The summed E-state index contributed by atoms with van der Waals surface area (Å²) >= 11 is 0. The molecule has 0 saturated heterocycles. The number of hydrogen-bond donors (Lipinski definition) is 3. The summed E-state index contributed by atoms with van der Waals surface area (Å²) in [7, 11) is 0. The van der Waals surface area contributed by atoms with Crippen LogP contribution in [-0.2, 0) is 5.79 Å². The summed E-state index contributed by atoms with van der Waals surface area (Å²) in [6, 6.07) is 0. The maximum Gasteiger partial charge on any atom is 0.266 e. The first-order chi connectivity index (χ1) is 5.00. The van der Waals surface area contributed by atoms with Crippen molar-refractivity contribution in [2.45, 2.75) is 12.7 Å². The molecule has 0 aromatic carbocycles. The fourth-order valence-electron chi connectivity index (χ4n) is 0.601. The van der Waals surface area contributed by atoms with Crippen LogP contribution in [0.3, 0.4) is 0 Å². The van der Waals surface area contributed by atoms with E-state index >= 15 is 0 Å². The molecule has 60 valence electrons. The molecule has 0 saturated carbocycles. The molecule has 3 N–H and O–H groups in total. The zero-order valence-corrected chi connectivity index (χ0v) is 5.90. The van der Waals surface area contributed by atoms with Crippen molar-refractivity contribution in [3.63, 3.8) is 0 Å². The van der Waals surface area contributed by atoms with Crippen LogP contribution in [0.2, 0.25) is 0 Å². The molecule has 5 heteroatoms. The summed E-state index contributed by atoms with van der Waals surface area (Å²) in [6.45, 7) is 1.16. The van der Waals surface area contributed by atoms with Gasteiger partial charge in [-0.05, 0) is 6.92 Å². The Labute approximate surface area is 62.4 Å². The van der Waals surface area contributed by atoms with E-state index in [4.69, 9.17) is 10.2 Å². The summed E-state index contributed by atoms with van der Waals surface area (Å²) in [5.41, 5.74) is -0.366. The van der Waals surface area contributed by atoms with E-state index in [1.165, 1.54) is 0 Å². The van der Waals surface area contributed by atoms with Crippen LogP contribution in [0.5, 0.6) is 0 Å². The molecule has 0 unspecified atom stereocenters. The molecule has 0 aliphatic carbocycles. The van der Waals surface area contributed by atoms with Gasteiger partial charge in [0.05, 0.1) is 6.20 Å². The molecule has 0 atom stereocenters. The van der Waals surface area contributed by atoms with Gasteiger partial charge in [-0.1, -0.05) is 0 Å². The minimum absolute atomic E-state index is 0.0112. The van der Waals surface area contributed by atoms with Gasteiger partial charge in [-0.25, -0.2) is 4.98 Å². The molecule has 0 fully saturated rings. The summed E-state index contributed by atoms with van der Waals surface area (Å²) in [6.07, 6.45) is 2.14. The predicted octanol–water partition coefficient (Wildman–Crippen LogP) is -1.07. The number of aromatic nitrogens is 2. The number of hydrogen-bond acceptors (Lipinski definition) is 4. The van der Waals surface area contributed by atoms with Crippen molar-refractivity contribution in [2.75, 3.05) is 0 Å². The molecule has 1 aromatic heterocycles. The van der Waals surface area contributed by atoms with Gasteiger partial charge in [0.15, 0.2) is 0 Å². The van der Waals surface area contributed by atoms with Crippen molar-refractivity contribution in [1.82, 2.24) is 9.97 Å². The van der Waals surface area contributed by atoms with Gasteiger partial charge in [0.2, 0.25) is 5.79 Å². The highest BCUT2D eigenvalue weighted by atomic mass is 16.5. The molecule has 0 aliphatic heterocycles. The third-order valence-electron chi connectivity index (χ3n) is 1.16. The largest absolute Gasteiger partial charge is 0.361 e. The highest BCUT2D eigenvalue weighted by Crippen LogP contribution is 2.10. The fourth-order valence-corrected chi connectivity index (χ4v) is 0.601. The quantitative estimate of drug-likeness (QED) is 0.452. The number of nitrogens with one attached hydrogen (secondary N) is 1. The molecule has 1 aromatic rings. The minimum atomic E-state index is -2.00. The van der Waals surface area contributed by atoms with E-state index in [-0.39, 0.29) is 11.3 Å². The standard InChI is InChI=1S/C6H8N2O3/c1-6(10,11)4-2-8-5(9)3-7-4/h2-3,10-11H,1H3,(H,8,9). The van der Waals surface area contributed by atoms with Crippen LogP contribution in [0.1, 0.15) is 12.6 Å². The molecule has 0 spiro atoms. The van der Waals surface area contributed by atoms with Gasteiger partial charge >= 0.3 is 0 Å². The number of nitrogens with zero attached hydrogens (tertiary/aromatic N) is 1. The van der Waals surface area contributed by atoms with E-state index in [9.17, 15) is 4.79 Å². The Hall–Kier alpha value is -1.20. The predicted molar refractivity (Wildman–Crippen MR) is 36.6 cm³/mol. The Morgan fingerprint density at radius 3 is 2.64 bits per heavy atom. The molecular weight excluding hydrogens is 148 g/mol. The Morgan fingerprint density at radius 1 is 1.64 bits per heavy atom. The first kappa shape index (κ1) is 7.90. The highest BCUT2D eigenvalue weighted by molar-refractivity contribution is 5.00. The lowest BCUT2D eigenvalue weighted by atomic mass is 10.2. The number of rotatable bonds is 1. The zero-order chi connectivity index (χ0) is 8.48. The molecule has 11 heavy (non-hydrogen) atoms. The van der Waals surface area contributed by atoms with Crippen molar-refractivity contribution in [3.05, 3.63) is 28.4 Å². The Morgan fingerprint density at radius 2 is 2.27 bits per heavy atom. The van der Waals surface area contributed by atoms with Crippen molar-refractivity contribution >= 4 is 0 Å². The monoisotopic (exact) mass is 156 g/mol. The summed E-state index contributed by atoms with van der Waals surface area (Å²) < 4.78 is 0. The maximum atomic E-state index is 10.5. The second-order valence-electron chi connectivity index (χ2n) is 2.32. The average molecular weight is 156 g/mol. The normalized spacial score (nSPS) is 11.5. The maximum absolute atomic E-state index is 10.5. The minimum Gasteiger partial charge on any atom is -0.361 e. The lowest BCUT2D eigenvalue weighted by Crippen LogP contribution is -2.23. The highest BCUT2D eigenvalue weighted by Gasteiger charge is 2.19. The lowest BCUT2D eigenvalue weighted by molar-refractivity contribution is -0.156. The molecule has 1 rings (SSSR count). The van der Waals surface area contributed by atoms with Crippen molar-refractivity contribution in [1.29, 1.82) is 0 Å². The van der Waals surface area contributed by atoms with Crippen LogP contribution < -0.4 is 5.56 Å². The topological polar surface area (TPSA) is 86.2 Å². The molecule has 0 bridgehead atoms. The van der Waals surface area contributed by atoms with E-state index in [1.54, 1.807) is 0 Å². The second-order valence-corrected chi connectivity index (χ2v) is 2.32. The fraction of sp³-hybridized carbons (Fsp3) is 0.333. The van der Waals surface area contributed by atoms with Gasteiger partial charge in [0.25, 0.3) is 5.56 Å². The van der Waals surface area contributed by atoms with E-state index in [0.717, 1.165) is 19.3 Å². The van der Waals surface area contributed by atoms with Crippen LogP contribution >= 0.6 is 0 Å². The first-order valence-corrected chi connectivity index (χ1v) is 3.00. The van der Waals surface area contributed by atoms with E-state index in [1.807, 2.05) is 0 Å². The molecule has 0 aliphatic rings. The lowest BCUT2D eigenvalue weighted by Gasteiger charge is -2.13. The number of H-pyrrole nitrogens is 1. The number of aromatic amines is 1. The van der Waals surface area contributed by atoms with Crippen molar-refractivity contribution in [2.24, 2.45) is 0 Å². The van der Waals surface area contributed by atoms with Gasteiger partial charge in [0.1, 0.15) is 5.69 Å². The average Bonchev–Trinajstić information content (AvgIpc) is 1.86. The van der Waals surface area contributed by atoms with Crippen molar-refractivity contribution in [3.8, 4) is 0 Å². The van der Waals surface area contributed by atoms with Crippen LogP contribution in [-0.4, -0.2) is 20.2 Å². The van der Waals surface area contributed by atoms with E-state index in [2.05, 4.69) is 9.97 Å². The Bertz CT molecular complexity index is 279. The third-order valence-corrected chi connectivity index (χ3v) is 1.16. The van der Waals surface area contributed by atoms with Gasteiger partial charge in [-0.2, -0.15) is 0 Å². The zero-order valence-electron chi connectivity index (χ0n) is 5.90. The summed E-state index contributed by atoms with van der Waals surface area (Å²) in [5, 5.41) is 17.9. The van der Waals surface area contributed by atoms with Gasteiger partial charge in [-0.15, -0.1) is 0 Å². The van der Waals surface area contributed by atoms with Crippen LogP contribution in [0.25, 0.3) is 0 Å². The SMILES string of the molecule is CC(O)(O)c1c[nH]c(=O)cn1. The van der Waals surface area contributed by atoms with Crippen LogP contribution in [0.15, 0.2) is 17.2 Å². The molecule has 0 amide bonds. The van der Waals surface area contributed by atoms with Crippen LogP contribution in [0, 0.1) is 0 Å². The molecule has 1 heterocycles. The summed E-state index contributed by atoms with van der Waals surface area (Å²) in [5.74, 6) is -2.00. The third kappa shape index (κ3) is 1.86. The van der Waals surface area contributed by atoms with E-state index < -0.39 is 5.79 Å². The second kappa shape index (κ2) is 2.44. The van der Waals surface area contributed by atoms with Gasteiger partial charge in [-0.3, -0.25) is 4.79 Å². The van der Waals surface area contributed by atoms with Gasteiger partial charge < -0.3 is 15.2 Å². The Balaban J connectivity index is 3.09. The smallest absolute Gasteiger partial charge is 0.266 e. The van der Waals surface area contributed by atoms with Crippen molar-refractivity contribution < 1.29 is 10.2 Å². The van der Waals surface area contributed by atoms with Gasteiger partial charge in [0, 0.05) is 6.20 Å².